The molecule has 1 aromatic rings. The average molecular weight is 356 g/mol. The molecule has 5 nitrogen and oxygen atoms in total. The van der Waals surface area contributed by atoms with Crippen molar-refractivity contribution in [3.05, 3.63) is 35.9 Å². The fraction of sp³-hybridized carbons (Fsp3) is 0.619. The predicted octanol–water partition coefficient (Wildman–Crippen LogP) is 2.41. The maximum atomic E-state index is 13.1. The Morgan fingerprint density at radius 2 is 1.81 bits per heavy atom. The SMILES string of the molecule is C[C@@]1(O)CCN(C(=O)C2CCC2)[C@@H](c2ccccc2)[C@@H]1NC(=O)C1CC1. The Morgan fingerprint density at radius 1 is 1.12 bits per heavy atom. The van der Waals surface area contributed by atoms with Gasteiger partial charge in [0.2, 0.25) is 11.8 Å². The van der Waals surface area contributed by atoms with Crippen LogP contribution >= 0.6 is 0 Å². The smallest absolute Gasteiger partial charge is 0.226 e. The molecule has 3 fully saturated rings. The molecule has 26 heavy (non-hydrogen) atoms. The Morgan fingerprint density at radius 3 is 2.38 bits per heavy atom. The van der Waals surface area contributed by atoms with Gasteiger partial charge in [-0.25, -0.2) is 0 Å². The quantitative estimate of drug-likeness (QED) is 0.870. The maximum absolute atomic E-state index is 13.1. The molecular weight excluding hydrogens is 328 g/mol. The van der Waals surface area contributed by atoms with Gasteiger partial charge in [0.15, 0.2) is 0 Å². The van der Waals surface area contributed by atoms with Crippen molar-refractivity contribution in [2.75, 3.05) is 6.54 Å². The lowest BCUT2D eigenvalue weighted by Crippen LogP contribution is -2.64. The zero-order chi connectivity index (χ0) is 18.3. The van der Waals surface area contributed by atoms with Crippen LogP contribution in [0.25, 0.3) is 0 Å². The van der Waals surface area contributed by atoms with Gasteiger partial charge >= 0.3 is 0 Å². The molecule has 2 saturated carbocycles. The summed E-state index contributed by atoms with van der Waals surface area (Å²) in [4.78, 5) is 27.5. The average Bonchev–Trinajstić information content (AvgIpc) is 3.40. The van der Waals surface area contributed by atoms with Crippen LogP contribution in [-0.4, -0.2) is 40.0 Å². The molecule has 1 saturated heterocycles. The van der Waals surface area contributed by atoms with E-state index in [1.165, 1.54) is 0 Å². The van der Waals surface area contributed by atoms with Gasteiger partial charge in [0, 0.05) is 18.4 Å². The number of carbonyl (C=O) groups is 2. The monoisotopic (exact) mass is 356 g/mol. The van der Waals surface area contributed by atoms with Gasteiger partial charge in [0.1, 0.15) is 0 Å². The lowest BCUT2D eigenvalue weighted by atomic mass is 9.77. The summed E-state index contributed by atoms with van der Waals surface area (Å²) >= 11 is 0. The van der Waals surface area contributed by atoms with Crippen LogP contribution in [0.15, 0.2) is 30.3 Å². The highest BCUT2D eigenvalue weighted by molar-refractivity contribution is 5.82. The van der Waals surface area contributed by atoms with E-state index in [0.29, 0.717) is 13.0 Å². The molecular formula is C21H28N2O3. The molecule has 1 aromatic carbocycles. The largest absolute Gasteiger partial charge is 0.388 e. The highest BCUT2D eigenvalue weighted by Crippen LogP contribution is 2.41. The first-order chi connectivity index (χ1) is 12.5. The van der Waals surface area contributed by atoms with Crippen molar-refractivity contribution in [1.82, 2.24) is 10.2 Å². The Labute approximate surface area is 154 Å². The minimum atomic E-state index is -1.04. The lowest BCUT2D eigenvalue weighted by molar-refractivity contribution is -0.152. The van der Waals surface area contributed by atoms with Crippen molar-refractivity contribution < 1.29 is 14.7 Å². The number of piperidine rings is 1. The molecule has 0 bridgehead atoms. The molecule has 3 aliphatic rings. The summed E-state index contributed by atoms with van der Waals surface area (Å²) in [7, 11) is 0. The number of rotatable bonds is 4. The van der Waals surface area contributed by atoms with Gasteiger partial charge < -0.3 is 15.3 Å². The molecule has 2 aliphatic carbocycles. The first kappa shape index (κ1) is 17.5. The Kier molecular flexibility index (Phi) is 4.51. The highest BCUT2D eigenvalue weighted by atomic mass is 16.3. The van der Waals surface area contributed by atoms with E-state index >= 15 is 0 Å². The van der Waals surface area contributed by atoms with E-state index in [-0.39, 0.29) is 29.7 Å². The number of carbonyl (C=O) groups excluding carboxylic acids is 2. The summed E-state index contributed by atoms with van der Waals surface area (Å²) in [6.45, 7) is 2.31. The van der Waals surface area contributed by atoms with E-state index < -0.39 is 11.6 Å². The number of nitrogens with one attached hydrogen (secondary N) is 1. The van der Waals surface area contributed by atoms with Crippen LogP contribution in [0.3, 0.4) is 0 Å². The topological polar surface area (TPSA) is 69.6 Å². The van der Waals surface area contributed by atoms with E-state index in [1.807, 2.05) is 35.2 Å². The van der Waals surface area contributed by atoms with Gasteiger partial charge in [0.05, 0.1) is 17.7 Å². The zero-order valence-corrected chi connectivity index (χ0v) is 15.4. The number of likely N-dealkylation sites (tertiary alicyclic amines) is 1. The molecule has 5 heteroatoms. The molecule has 0 aromatic heterocycles. The summed E-state index contributed by atoms with van der Waals surface area (Å²) in [5.41, 5.74) is -0.0669. The summed E-state index contributed by atoms with van der Waals surface area (Å²) in [5.74, 6) is 0.351. The molecule has 0 spiro atoms. The molecule has 140 valence electrons. The van der Waals surface area contributed by atoms with Crippen molar-refractivity contribution in [3.63, 3.8) is 0 Å². The second-order valence-electron chi connectivity index (χ2n) is 8.38. The van der Waals surface area contributed by atoms with Crippen LogP contribution in [0.1, 0.15) is 57.1 Å². The number of hydrogen-bond acceptors (Lipinski definition) is 3. The number of benzene rings is 1. The Balaban J connectivity index is 1.67. The number of amides is 2. The molecule has 3 atom stereocenters. The minimum absolute atomic E-state index is 0.00847. The van der Waals surface area contributed by atoms with Crippen molar-refractivity contribution in [2.24, 2.45) is 11.8 Å². The van der Waals surface area contributed by atoms with Crippen LogP contribution in [0.4, 0.5) is 0 Å². The van der Waals surface area contributed by atoms with Crippen LogP contribution in [0.2, 0.25) is 0 Å². The second-order valence-corrected chi connectivity index (χ2v) is 8.38. The lowest BCUT2D eigenvalue weighted by Gasteiger charge is -2.50. The molecule has 1 aliphatic heterocycles. The van der Waals surface area contributed by atoms with Gasteiger partial charge in [-0.1, -0.05) is 36.8 Å². The maximum Gasteiger partial charge on any atom is 0.226 e. The normalized spacial score (nSPS) is 32.0. The van der Waals surface area contributed by atoms with Crippen molar-refractivity contribution in [2.45, 2.75) is 63.1 Å². The third-order valence-corrected chi connectivity index (χ3v) is 6.30. The fourth-order valence-electron chi connectivity index (χ4n) is 4.17. The summed E-state index contributed by atoms with van der Waals surface area (Å²) in [5, 5.41) is 14.2. The summed E-state index contributed by atoms with van der Waals surface area (Å²) in [6, 6.07) is 9.01. The first-order valence-corrected chi connectivity index (χ1v) is 9.85. The van der Waals surface area contributed by atoms with E-state index in [1.54, 1.807) is 6.92 Å². The van der Waals surface area contributed by atoms with Crippen molar-refractivity contribution in [3.8, 4) is 0 Å². The molecule has 2 amide bonds. The summed E-state index contributed by atoms with van der Waals surface area (Å²) in [6.07, 6.45) is 5.33. The second kappa shape index (κ2) is 6.69. The van der Waals surface area contributed by atoms with Crippen LogP contribution < -0.4 is 5.32 Å². The van der Waals surface area contributed by atoms with Gasteiger partial charge in [-0.15, -0.1) is 0 Å². The van der Waals surface area contributed by atoms with Crippen LogP contribution in [0, 0.1) is 11.8 Å². The number of hydrogen-bond donors (Lipinski definition) is 2. The Bertz CT molecular complexity index is 680. The summed E-state index contributed by atoms with van der Waals surface area (Å²) < 4.78 is 0. The zero-order valence-electron chi connectivity index (χ0n) is 15.4. The van der Waals surface area contributed by atoms with Crippen LogP contribution in [0.5, 0.6) is 0 Å². The van der Waals surface area contributed by atoms with Crippen LogP contribution in [-0.2, 0) is 9.59 Å². The fourth-order valence-corrected chi connectivity index (χ4v) is 4.17. The predicted molar refractivity (Wildman–Crippen MR) is 98.1 cm³/mol. The molecule has 1 heterocycles. The number of aliphatic hydroxyl groups is 1. The first-order valence-electron chi connectivity index (χ1n) is 9.85. The molecule has 2 N–H and O–H groups in total. The third kappa shape index (κ3) is 3.25. The van der Waals surface area contributed by atoms with Gasteiger partial charge in [-0.05, 0) is 44.6 Å². The van der Waals surface area contributed by atoms with Gasteiger partial charge in [0.25, 0.3) is 0 Å². The van der Waals surface area contributed by atoms with E-state index in [0.717, 1.165) is 37.7 Å². The Hall–Kier alpha value is -1.88. The number of nitrogens with zero attached hydrogens (tertiary/aromatic N) is 1. The van der Waals surface area contributed by atoms with Crippen molar-refractivity contribution >= 4 is 11.8 Å². The van der Waals surface area contributed by atoms with Gasteiger partial charge in [-0.2, -0.15) is 0 Å². The van der Waals surface area contributed by atoms with E-state index in [9.17, 15) is 14.7 Å². The third-order valence-electron chi connectivity index (χ3n) is 6.30. The minimum Gasteiger partial charge on any atom is -0.388 e. The molecule has 0 unspecified atom stereocenters. The molecule has 0 radical (unpaired) electrons. The van der Waals surface area contributed by atoms with E-state index in [4.69, 9.17) is 0 Å². The standard InChI is InChI=1S/C21H28N2O3/c1-21(26)12-13-23(20(25)16-8-5-9-16)17(14-6-3-2-4-7-14)18(21)22-19(24)15-10-11-15/h2-4,6-7,15-18,26H,5,8-13H2,1H3,(H,22,24)/t17-,18-,21+/m0/s1. The highest BCUT2D eigenvalue weighted by Gasteiger charge is 2.49. The van der Waals surface area contributed by atoms with Crippen molar-refractivity contribution in [1.29, 1.82) is 0 Å². The molecule has 4 rings (SSSR count). The van der Waals surface area contributed by atoms with E-state index in [2.05, 4.69) is 5.32 Å². The van der Waals surface area contributed by atoms with Gasteiger partial charge in [-0.3, -0.25) is 9.59 Å².